The SMILES string of the molecule is O=C(Cl)NNC1=NCCNC1. The molecule has 3 N–H and O–H groups in total. The Morgan fingerprint density at radius 2 is 2.55 bits per heavy atom. The minimum atomic E-state index is -0.640. The molecule has 0 aliphatic carbocycles. The number of hydrogen-bond donors (Lipinski definition) is 3. The largest absolute Gasteiger partial charge is 0.332 e. The van der Waals surface area contributed by atoms with Gasteiger partial charge in [0.25, 0.3) is 0 Å². The van der Waals surface area contributed by atoms with Crippen molar-refractivity contribution in [3.63, 3.8) is 0 Å². The topological polar surface area (TPSA) is 65.5 Å². The summed E-state index contributed by atoms with van der Waals surface area (Å²) in [7, 11) is 0. The maximum Gasteiger partial charge on any atom is 0.332 e. The molecule has 1 heterocycles. The Kier molecular flexibility index (Phi) is 3.13. The highest BCUT2D eigenvalue weighted by Crippen LogP contribution is 1.80. The highest BCUT2D eigenvalue weighted by atomic mass is 35.5. The van der Waals surface area contributed by atoms with Gasteiger partial charge >= 0.3 is 5.37 Å². The molecular weight excluding hydrogens is 168 g/mol. The zero-order chi connectivity index (χ0) is 8.10. The number of carbonyl (C=O) groups is 1. The maximum absolute atomic E-state index is 10.2. The molecule has 0 aromatic carbocycles. The highest BCUT2D eigenvalue weighted by Gasteiger charge is 2.03. The van der Waals surface area contributed by atoms with Crippen molar-refractivity contribution in [3.8, 4) is 0 Å². The zero-order valence-electron chi connectivity index (χ0n) is 5.85. The van der Waals surface area contributed by atoms with E-state index in [0.717, 1.165) is 13.1 Å². The number of carbonyl (C=O) groups excluding carboxylic acids is 1. The van der Waals surface area contributed by atoms with Crippen LogP contribution in [-0.4, -0.2) is 30.8 Å². The Labute approximate surface area is 69.2 Å². The van der Waals surface area contributed by atoms with Crippen LogP contribution in [-0.2, 0) is 0 Å². The van der Waals surface area contributed by atoms with Gasteiger partial charge in [-0.2, -0.15) is 0 Å². The summed E-state index contributed by atoms with van der Waals surface area (Å²) in [4.78, 5) is 14.3. The van der Waals surface area contributed by atoms with Crippen molar-refractivity contribution in [2.45, 2.75) is 0 Å². The molecular formula is C5H9ClN4O. The normalized spacial score (nSPS) is 17.0. The van der Waals surface area contributed by atoms with Crippen LogP contribution >= 0.6 is 11.6 Å². The molecule has 0 atom stereocenters. The van der Waals surface area contributed by atoms with Gasteiger partial charge in [-0.1, -0.05) is 0 Å². The zero-order valence-corrected chi connectivity index (χ0v) is 6.61. The lowest BCUT2D eigenvalue weighted by Gasteiger charge is -2.14. The summed E-state index contributed by atoms with van der Waals surface area (Å²) < 4.78 is 0. The first-order chi connectivity index (χ1) is 5.29. The minimum absolute atomic E-state index is 0.636. The molecule has 1 amide bonds. The summed E-state index contributed by atoms with van der Waals surface area (Å²) in [6, 6.07) is 0. The van der Waals surface area contributed by atoms with Gasteiger partial charge in [-0.15, -0.1) is 0 Å². The molecule has 0 saturated heterocycles. The van der Waals surface area contributed by atoms with Crippen LogP contribution in [0.25, 0.3) is 0 Å². The Balaban J connectivity index is 2.24. The summed E-state index contributed by atoms with van der Waals surface area (Å²) in [6.45, 7) is 2.23. The molecule has 1 rings (SSSR count). The fourth-order valence-electron chi connectivity index (χ4n) is 0.738. The number of halogens is 1. The fourth-order valence-corrected chi connectivity index (χ4v) is 0.785. The molecule has 1 aliphatic rings. The Morgan fingerprint density at radius 1 is 1.73 bits per heavy atom. The van der Waals surface area contributed by atoms with Crippen LogP contribution in [0.3, 0.4) is 0 Å². The van der Waals surface area contributed by atoms with Crippen LogP contribution in [0.2, 0.25) is 0 Å². The predicted molar refractivity (Wildman–Crippen MR) is 42.7 cm³/mol. The van der Waals surface area contributed by atoms with E-state index < -0.39 is 5.37 Å². The van der Waals surface area contributed by atoms with Crippen molar-refractivity contribution in [2.75, 3.05) is 19.6 Å². The molecule has 5 nitrogen and oxygen atoms in total. The second-order valence-corrected chi connectivity index (χ2v) is 2.37. The number of rotatable bonds is 0. The Hall–Kier alpha value is -0.810. The lowest BCUT2D eigenvalue weighted by Crippen LogP contribution is -2.46. The summed E-state index contributed by atoms with van der Waals surface area (Å²) in [5.74, 6) is 0.699. The average molecular weight is 177 g/mol. The Morgan fingerprint density at radius 3 is 3.09 bits per heavy atom. The van der Waals surface area contributed by atoms with E-state index in [1.54, 1.807) is 0 Å². The molecule has 0 radical (unpaired) electrons. The monoisotopic (exact) mass is 176 g/mol. The van der Waals surface area contributed by atoms with Gasteiger partial charge < -0.3 is 5.32 Å². The molecule has 62 valence electrons. The van der Waals surface area contributed by atoms with Crippen LogP contribution in [0.15, 0.2) is 4.99 Å². The van der Waals surface area contributed by atoms with E-state index in [-0.39, 0.29) is 0 Å². The summed E-state index contributed by atoms with van der Waals surface area (Å²) in [5, 5.41) is 2.43. The Bertz CT molecular complexity index is 181. The molecule has 0 unspecified atom stereocenters. The predicted octanol–water partition coefficient (Wildman–Crippen LogP) is -0.559. The van der Waals surface area contributed by atoms with Gasteiger partial charge in [-0.25, -0.2) is 0 Å². The van der Waals surface area contributed by atoms with Crippen molar-refractivity contribution < 1.29 is 4.79 Å². The molecule has 0 aromatic heterocycles. The number of hydrazine groups is 1. The van der Waals surface area contributed by atoms with Gasteiger partial charge in [0.1, 0.15) is 5.84 Å². The van der Waals surface area contributed by atoms with Gasteiger partial charge in [0.05, 0.1) is 13.1 Å². The van der Waals surface area contributed by atoms with E-state index in [1.165, 1.54) is 0 Å². The number of nitrogens with one attached hydrogen (secondary N) is 3. The lowest BCUT2D eigenvalue weighted by molar-refractivity contribution is 0.258. The van der Waals surface area contributed by atoms with Gasteiger partial charge in [0.2, 0.25) is 0 Å². The third-order valence-corrected chi connectivity index (χ3v) is 1.28. The van der Waals surface area contributed by atoms with Crippen LogP contribution in [0, 0.1) is 0 Å². The maximum atomic E-state index is 10.2. The second kappa shape index (κ2) is 4.15. The van der Waals surface area contributed by atoms with E-state index in [2.05, 4.69) is 21.2 Å². The highest BCUT2D eigenvalue weighted by molar-refractivity contribution is 6.62. The summed E-state index contributed by atoms with van der Waals surface area (Å²) in [5.41, 5.74) is 4.80. The summed E-state index contributed by atoms with van der Waals surface area (Å²) in [6.07, 6.45) is 0. The molecule has 1 aliphatic heterocycles. The van der Waals surface area contributed by atoms with Crippen LogP contribution in [0.4, 0.5) is 4.79 Å². The molecule has 0 fully saturated rings. The van der Waals surface area contributed by atoms with E-state index >= 15 is 0 Å². The second-order valence-electron chi connectivity index (χ2n) is 2.03. The van der Waals surface area contributed by atoms with Crippen molar-refractivity contribution in [1.82, 2.24) is 16.2 Å². The smallest absolute Gasteiger partial charge is 0.308 e. The summed E-state index contributed by atoms with van der Waals surface area (Å²) >= 11 is 5.01. The van der Waals surface area contributed by atoms with E-state index in [0.29, 0.717) is 12.4 Å². The molecule has 0 saturated carbocycles. The average Bonchev–Trinajstić information content (AvgIpc) is 2.03. The van der Waals surface area contributed by atoms with Gasteiger partial charge in [-0.3, -0.25) is 20.6 Å². The number of amidine groups is 1. The van der Waals surface area contributed by atoms with Crippen molar-refractivity contribution in [3.05, 3.63) is 0 Å². The van der Waals surface area contributed by atoms with Crippen LogP contribution in [0.1, 0.15) is 0 Å². The van der Waals surface area contributed by atoms with Crippen molar-refractivity contribution in [1.29, 1.82) is 0 Å². The standard InChI is InChI=1S/C5H9ClN4O/c6-5(11)10-9-4-3-7-1-2-8-4/h7H,1-3H2,(H,8,9)(H,10,11). The third kappa shape index (κ3) is 3.20. The number of aliphatic imine (C=N–C) groups is 1. The quantitative estimate of drug-likeness (QED) is 0.263. The van der Waals surface area contributed by atoms with E-state index in [9.17, 15) is 4.79 Å². The first-order valence-corrected chi connectivity index (χ1v) is 3.62. The number of nitrogens with zero attached hydrogens (tertiary/aromatic N) is 1. The fraction of sp³-hybridized carbons (Fsp3) is 0.600. The van der Waals surface area contributed by atoms with Gasteiger partial charge in [0, 0.05) is 6.54 Å². The minimum Gasteiger partial charge on any atom is -0.308 e. The van der Waals surface area contributed by atoms with Crippen LogP contribution < -0.4 is 16.2 Å². The van der Waals surface area contributed by atoms with Gasteiger partial charge in [-0.05, 0) is 11.6 Å². The van der Waals surface area contributed by atoms with Crippen molar-refractivity contribution >= 4 is 22.8 Å². The van der Waals surface area contributed by atoms with Crippen LogP contribution in [0.5, 0.6) is 0 Å². The molecule has 0 aromatic rings. The van der Waals surface area contributed by atoms with E-state index in [1.807, 2.05) is 0 Å². The number of amides is 1. The molecule has 0 bridgehead atoms. The third-order valence-electron chi connectivity index (χ3n) is 1.19. The molecule has 0 spiro atoms. The lowest BCUT2D eigenvalue weighted by atomic mass is 10.4. The number of hydrogen-bond acceptors (Lipinski definition) is 4. The van der Waals surface area contributed by atoms with Crippen molar-refractivity contribution in [2.24, 2.45) is 4.99 Å². The first kappa shape index (κ1) is 8.29. The molecule has 6 heteroatoms. The van der Waals surface area contributed by atoms with Gasteiger partial charge in [0.15, 0.2) is 0 Å². The molecule has 11 heavy (non-hydrogen) atoms. The van der Waals surface area contributed by atoms with E-state index in [4.69, 9.17) is 11.6 Å². The first-order valence-electron chi connectivity index (χ1n) is 3.24.